The summed E-state index contributed by atoms with van der Waals surface area (Å²) in [6.45, 7) is 1.76. The van der Waals surface area contributed by atoms with Crippen LogP contribution in [-0.4, -0.2) is 13.2 Å². The first-order chi connectivity index (χ1) is 5.44. The second kappa shape index (κ2) is 2.90. The van der Waals surface area contributed by atoms with Crippen molar-refractivity contribution in [3.63, 3.8) is 0 Å². The molecule has 0 aromatic rings. The van der Waals surface area contributed by atoms with Crippen LogP contribution in [0.2, 0.25) is 0 Å². The summed E-state index contributed by atoms with van der Waals surface area (Å²) in [6, 6.07) is 1.96. The van der Waals surface area contributed by atoms with Gasteiger partial charge in [0.05, 0.1) is 10.8 Å². The lowest BCUT2D eigenvalue weighted by Gasteiger charge is -2.16. The van der Waals surface area contributed by atoms with Gasteiger partial charge in [0.15, 0.2) is 0 Å². The fraction of sp³-hybridized carbons (Fsp3) is 0.857. The van der Waals surface area contributed by atoms with E-state index in [4.69, 9.17) is 15.9 Å². The molecule has 1 saturated carbocycles. The third kappa shape index (κ3) is 1.44. The highest BCUT2D eigenvalue weighted by atomic mass is 35.7. The monoisotopic (exact) mass is 207 g/mol. The van der Waals surface area contributed by atoms with Gasteiger partial charge in [0.1, 0.15) is 0 Å². The molecule has 1 aliphatic rings. The number of halogens is 1. The molecule has 12 heavy (non-hydrogen) atoms. The van der Waals surface area contributed by atoms with Crippen molar-refractivity contribution in [3.05, 3.63) is 0 Å². The van der Waals surface area contributed by atoms with E-state index >= 15 is 0 Å². The quantitative estimate of drug-likeness (QED) is 0.661. The topological polar surface area (TPSA) is 57.9 Å². The summed E-state index contributed by atoms with van der Waals surface area (Å²) in [5, 5.41) is 8.41. The smallest absolute Gasteiger partial charge is 0.212 e. The molecule has 0 bridgehead atoms. The highest BCUT2D eigenvalue weighted by Gasteiger charge is 2.57. The van der Waals surface area contributed by atoms with E-state index in [9.17, 15) is 8.42 Å². The first-order valence-electron chi connectivity index (χ1n) is 3.75. The minimum absolute atomic E-state index is 0.148. The van der Waals surface area contributed by atoms with Crippen molar-refractivity contribution in [2.45, 2.75) is 30.9 Å². The van der Waals surface area contributed by atoms with Gasteiger partial charge in [-0.1, -0.05) is 6.92 Å². The van der Waals surface area contributed by atoms with E-state index < -0.39 is 13.8 Å². The van der Waals surface area contributed by atoms with E-state index in [1.807, 2.05) is 6.07 Å². The van der Waals surface area contributed by atoms with E-state index in [1.165, 1.54) is 0 Å². The van der Waals surface area contributed by atoms with Crippen LogP contribution in [0.3, 0.4) is 0 Å². The lowest BCUT2D eigenvalue weighted by molar-refractivity contribution is 0.511. The maximum Gasteiger partial charge on any atom is 0.238 e. The molecule has 1 atom stereocenters. The first-order valence-corrected chi connectivity index (χ1v) is 6.06. The van der Waals surface area contributed by atoms with Crippen LogP contribution in [0.4, 0.5) is 0 Å². The second-order valence-corrected chi connectivity index (χ2v) is 6.17. The Bertz CT molecular complexity index is 313. The molecule has 0 spiro atoms. The third-order valence-electron chi connectivity index (χ3n) is 2.52. The van der Waals surface area contributed by atoms with Gasteiger partial charge in [-0.3, -0.25) is 0 Å². The molecule has 1 rings (SSSR count). The van der Waals surface area contributed by atoms with Gasteiger partial charge in [-0.05, 0) is 18.8 Å². The molecule has 0 saturated heterocycles. The zero-order chi connectivity index (χ0) is 9.41. The molecule has 5 heteroatoms. The number of nitrogens with zero attached hydrogens (tertiary/aromatic N) is 1. The third-order valence-corrected chi connectivity index (χ3v) is 5.23. The van der Waals surface area contributed by atoms with Gasteiger partial charge in [0, 0.05) is 17.1 Å². The second-order valence-electron chi connectivity index (χ2n) is 3.27. The molecule has 0 aromatic carbocycles. The van der Waals surface area contributed by atoms with Gasteiger partial charge in [-0.15, -0.1) is 0 Å². The standard InChI is InChI=1S/C7H10ClNO2S/c1-6(2-5-9)7(3-4-7)12(8,10)11/h6H,2-4H2,1H3. The molecule has 1 unspecified atom stereocenters. The molecule has 0 heterocycles. The predicted molar refractivity (Wildman–Crippen MR) is 46.1 cm³/mol. The largest absolute Gasteiger partial charge is 0.238 e. The van der Waals surface area contributed by atoms with Gasteiger partial charge in [-0.2, -0.15) is 5.26 Å². The Morgan fingerprint density at radius 2 is 2.17 bits per heavy atom. The van der Waals surface area contributed by atoms with Crippen molar-refractivity contribution in [3.8, 4) is 6.07 Å². The fourth-order valence-electron chi connectivity index (χ4n) is 1.42. The fourth-order valence-corrected chi connectivity index (χ4v) is 3.50. The zero-order valence-electron chi connectivity index (χ0n) is 6.75. The van der Waals surface area contributed by atoms with Crippen molar-refractivity contribution in [2.24, 2.45) is 5.92 Å². The molecular weight excluding hydrogens is 198 g/mol. The van der Waals surface area contributed by atoms with E-state index in [1.54, 1.807) is 6.92 Å². The molecule has 1 aliphatic carbocycles. The van der Waals surface area contributed by atoms with Crippen LogP contribution in [0.25, 0.3) is 0 Å². The van der Waals surface area contributed by atoms with Gasteiger partial charge in [0.25, 0.3) is 0 Å². The summed E-state index contributed by atoms with van der Waals surface area (Å²) in [5.74, 6) is -0.148. The Morgan fingerprint density at radius 1 is 1.67 bits per heavy atom. The van der Waals surface area contributed by atoms with Crippen LogP contribution < -0.4 is 0 Å². The summed E-state index contributed by atoms with van der Waals surface area (Å²) in [4.78, 5) is 0. The lowest BCUT2D eigenvalue weighted by atomic mass is 10.0. The van der Waals surface area contributed by atoms with Gasteiger partial charge >= 0.3 is 0 Å². The van der Waals surface area contributed by atoms with Crippen LogP contribution in [0, 0.1) is 17.2 Å². The summed E-state index contributed by atoms with van der Waals surface area (Å²) in [7, 11) is 1.79. The molecule has 0 aromatic heterocycles. The Labute approximate surface area is 76.7 Å². The first kappa shape index (κ1) is 9.82. The molecule has 0 aliphatic heterocycles. The Kier molecular flexibility index (Phi) is 2.37. The van der Waals surface area contributed by atoms with Crippen molar-refractivity contribution in [1.82, 2.24) is 0 Å². The summed E-state index contributed by atoms with van der Waals surface area (Å²) < 4.78 is 21.4. The molecular formula is C7H10ClNO2S. The molecule has 3 nitrogen and oxygen atoms in total. The minimum Gasteiger partial charge on any atom is -0.212 e. The average molecular weight is 208 g/mol. The average Bonchev–Trinajstić information content (AvgIpc) is 2.63. The Morgan fingerprint density at radius 3 is 2.42 bits per heavy atom. The number of hydrogen-bond acceptors (Lipinski definition) is 3. The molecule has 0 radical (unpaired) electrons. The number of nitriles is 1. The molecule has 0 amide bonds. The number of rotatable bonds is 3. The Balaban J connectivity index is 2.82. The van der Waals surface area contributed by atoms with Gasteiger partial charge in [-0.25, -0.2) is 8.42 Å². The summed E-state index contributed by atoms with van der Waals surface area (Å²) >= 11 is 0. The highest BCUT2D eigenvalue weighted by Crippen LogP contribution is 2.52. The Hall–Kier alpha value is -0.270. The van der Waals surface area contributed by atoms with E-state index in [0.717, 1.165) is 0 Å². The van der Waals surface area contributed by atoms with Gasteiger partial charge < -0.3 is 0 Å². The molecule has 68 valence electrons. The predicted octanol–water partition coefficient (Wildman–Crippen LogP) is 1.64. The van der Waals surface area contributed by atoms with E-state index in [0.29, 0.717) is 12.8 Å². The van der Waals surface area contributed by atoms with Crippen molar-refractivity contribution >= 4 is 19.7 Å². The van der Waals surface area contributed by atoms with Crippen LogP contribution >= 0.6 is 10.7 Å². The normalized spacial score (nSPS) is 22.8. The van der Waals surface area contributed by atoms with E-state index in [-0.39, 0.29) is 12.3 Å². The van der Waals surface area contributed by atoms with Crippen LogP contribution in [0.15, 0.2) is 0 Å². The van der Waals surface area contributed by atoms with Crippen molar-refractivity contribution in [1.29, 1.82) is 5.26 Å². The van der Waals surface area contributed by atoms with Gasteiger partial charge in [0.2, 0.25) is 9.05 Å². The highest BCUT2D eigenvalue weighted by molar-refractivity contribution is 8.15. The van der Waals surface area contributed by atoms with Crippen molar-refractivity contribution in [2.75, 3.05) is 0 Å². The lowest BCUT2D eigenvalue weighted by Crippen LogP contribution is -2.26. The van der Waals surface area contributed by atoms with E-state index in [2.05, 4.69) is 0 Å². The number of hydrogen-bond donors (Lipinski definition) is 0. The zero-order valence-corrected chi connectivity index (χ0v) is 8.32. The molecule has 1 fully saturated rings. The maximum absolute atomic E-state index is 11.1. The SMILES string of the molecule is CC(CC#N)C1(S(=O)(=O)Cl)CC1. The molecule has 0 N–H and O–H groups in total. The minimum atomic E-state index is -3.49. The van der Waals surface area contributed by atoms with Crippen molar-refractivity contribution < 1.29 is 8.42 Å². The van der Waals surface area contributed by atoms with Crippen LogP contribution in [-0.2, 0) is 9.05 Å². The van der Waals surface area contributed by atoms with Crippen LogP contribution in [0.1, 0.15) is 26.2 Å². The summed E-state index contributed by atoms with van der Waals surface area (Å²) in [5.41, 5.74) is 0. The summed E-state index contributed by atoms with van der Waals surface area (Å²) in [6.07, 6.45) is 1.45. The van der Waals surface area contributed by atoms with Crippen LogP contribution in [0.5, 0.6) is 0 Å². The maximum atomic E-state index is 11.1.